The molecule has 2 aromatic rings. The van der Waals surface area contributed by atoms with Gasteiger partial charge in [0.1, 0.15) is 13.2 Å². The lowest BCUT2D eigenvalue weighted by Crippen LogP contribution is -2.15. The van der Waals surface area contributed by atoms with Crippen molar-refractivity contribution < 1.29 is 19.4 Å². The third-order valence-electron chi connectivity index (χ3n) is 3.66. The van der Waals surface area contributed by atoms with E-state index < -0.39 is 5.97 Å². The summed E-state index contributed by atoms with van der Waals surface area (Å²) in [4.78, 5) is 10.7. The summed E-state index contributed by atoms with van der Waals surface area (Å²) in [6.45, 7) is 5.07. The monoisotopic (exact) mass is 299 g/mol. The second-order valence-electron chi connectivity index (χ2n) is 5.16. The molecule has 1 aliphatic heterocycles. The molecule has 2 heterocycles. The third-order valence-corrected chi connectivity index (χ3v) is 3.66. The van der Waals surface area contributed by atoms with Crippen LogP contribution in [0.5, 0.6) is 11.5 Å². The molecule has 0 saturated heterocycles. The Hall–Kier alpha value is -2.69. The Bertz CT molecular complexity index is 758. The van der Waals surface area contributed by atoms with Crippen molar-refractivity contribution in [1.82, 2.24) is 4.57 Å². The Balaban J connectivity index is 2.03. The zero-order chi connectivity index (χ0) is 15.7. The predicted octanol–water partition coefficient (Wildman–Crippen LogP) is 2.96. The standard InChI is InChI=1S/C17H17NO4/c1-11-9-13(3-6-17(19)20)12(2)18(11)14-4-5-15-16(10-14)22-8-7-21-15/h3-6,9-10H,7-8H2,1-2H3,(H,19,20). The maximum Gasteiger partial charge on any atom is 0.328 e. The van der Waals surface area contributed by atoms with E-state index >= 15 is 0 Å². The van der Waals surface area contributed by atoms with E-state index in [4.69, 9.17) is 14.6 Å². The Morgan fingerprint density at radius 2 is 1.91 bits per heavy atom. The van der Waals surface area contributed by atoms with Gasteiger partial charge in [-0.15, -0.1) is 0 Å². The normalized spacial score (nSPS) is 13.5. The molecule has 1 aromatic heterocycles. The number of hydrogen-bond acceptors (Lipinski definition) is 3. The fourth-order valence-electron chi connectivity index (χ4n) is 2.69. The van der Waals surface area contributed by atoms with Gasteiger partial charge in [-0.2, -0.15) is 0 Å². The zero-order valence-corrected chi connectivity index (χ0v) is 12.5. The van der Waals surface area contributed by atoms with E-state index in [1.54, 1.807) is 6.08 Å². The summed E-state index contributed by atoms with van der Waals surface area (Å²) in [6, 6.07) is 7.78. The second-order valence-corrected chi connectivity index (χ2v) is 5.16. The fraction of sp³-hybridized carbons (Fsp3) is 0.235. The highest BCUT2D eigenvalue weighted by molar-refractivity contribution is 5.85. The molecule has 0 bridgehead atoms. The van der Waals surface area contributed by atoms with Crippen LogP contribution in [0.15, 0.2) is 30.3 Å². The van der Waals surface area contributed by atoms with Crippen LogP contribution in [0.1, 0.15) is 17.0 Å². The molecule has 5 nitrogen and oxygen atoms in total. The molecule has 0 amide bonds. The molecule has 0 aliphatic carbocycles. The van der Waals surface area contributed by atoms with E-state index in [2.05, 4.69) is 4.57 Å². The second kappa shape index (κ2) is 5.60. The van der Waals surface area contributed by atoms with Crippen LogP contribution in [0.4, 0.5) is 0 Å². The molecule has 1 aromatic carbocycles. The first-order valence-electron chi connectivity index (χ1n) is 7.06. The van der Waals surface area contributed by atoms with Gasteiger partial charge in [0.25, 0.3) is 0 Å². The summed E-state index contributed by atoms with van der Waals surface area (Å²) < 4.78 is 13.2. The number of aliphatic carboxylic acids is 1. The maximum atomic E-state index is 10.7. The maximum absolute atomic E-state index is 10.7. The molecular weight excluding hydrogens is 282 g/mol. The molecule has 22 heavy (non-hydrogen) atoms. The number of benzene rings is 1. The van der Waals surface area contributed by atoms with Crippen LogP contribution in [-0.4, -0.2) is 28.9 Å². The van der Waals surface area contributed by atoms with E-state index in [-0.39, 0.29) is 0 Å². The summed E-state index contributed by atoms with van der Waals surface area (Å²) in [5.74, 6) is 0.534. The van der Waals surface area contributed by atoms with Crippen LogP contribution in [0.25, 0.3) is 11.8 Å². The SMILES string of the molecule is Cc1cc(C=CC(=O)O)c(C)n1-c1ccc2c(c1)OCCO2. The summed E-state index contributed by atoms with van der Waals surface area (Å²) in [5.41, 5.74) is 3.86. The minimum atomic E-state index is -0.955. The van der Waals surface area contributed by atoms with E-state index in [9.17, 15) is 4.79 Å². The largest absolute Gasteiger partial charge is 0.486 e. The first kappa shape index (κ1) is 14.3. The molecule has 3 rings (SSSR count). The van der Waals surface area contributed by atoms with E-state index in [1.165, 1.54) is 0 Å². The van der Waals surface area contributed by atoms with Gasteiger partial charge in [-0.05, 0) is 43.7 Å². The van der Waals surface area contributed by atoms with Crippen LogP contribution in [-0.2, 0) is 4.79 Å². The Labute approximate surface area is 128 Å². The lowest BCUT2D eigenvalue weighted by atomic mass is 10.2. The first-order chi connectivity index (χ1) is 10.6. The van der Waals surface area contributed by atoms with Gasteiger partial charge in [-0.3, -0.25) is 0 Å². The van der Waals surface area contributed by atoms with Gasteiger partial charge in [0.05, 0.1) is 0 Å². The van der Waals surface area contributed by atoms with Gasteiger partial charge >= 0.3 is 5.97 Å². The highest BCUT2D eigenvalue weighted by Gasteiger charge is 2.15. The Morgan fingerprint density at radius 1 is 1.18 bits per heavy atom. The Kier molecular flexibility index (Phi) is 3.63. The van der Waals surface area contributed by atoms with Crippen molar-refractivity contribution in [2.75, 3.05) is 13.2 Å². The van der Waals surface area contributed by atoms with E-state index in [0.717, 1.165) is 40.2 Å². The van der Waals surface area contributed by atoms with Crippen molar-refractivity contribution in [1.29, 1.82) is 0 Å². The summed E-state index contributed by atoms with van der Waals surface area (Å²) in [6.07, 6.45) is 2.76. The van der Waals surface area contributed by atoms with Crippen molar-refractivity contribution in [2.24, 2.45) is 0 Å². The lowest BCUT2D eigenvalue weighted by Gasteiger charge is -2.20. The highest BCUT2D eigenvalue weighted by atomic mass is 16.6. The fourth-order valence-corrected chi connectivity index (χ4v) is 2.69. The van der Waals surface area contributed by atoms with E-state index in [1.807, 2.05) is 38.1 Å². The van der Waals surface area contributed by atoms with Gasteiger partial charge in [0.2, 0.25) is 0 Å². The molecule has 114 valence electrons. The van der Waals surface area contributed by atoms with Crippen molar-refractivity contribution in [3.8, 4) is 17.2 Å². The van der Waals surface area contributed by atoms with Crippen LogP contribution in [0.2, 0.25) is 0 Å². The van der Waals surface area contributed by atoms with Crippen LogP contribution in [0.3, 0.4) is 0 Å². The average molecular weight is 299 g/mol. The predicted molar refractivity (Wildman–Crippen MR) is 82.9 cm³/mol. The molecule has 0 unspecified atom stereocenters. The average Bonchev–Trinajstić information content (AvgIpc) is 2.79. The van der Waals surface area contributed by atoms with Crippen molar-refractivity contribution >= 4 is 12.0 Å². The number of nitrogens with zero attached hydrogens (tertiary/aromatic N) is 1. The molecule has 0 radical (unpaired) electrons. The molecule has 0 saturated carbocycles. The number of carbonyl (C=O) groups is 1. The number of carboxylic acid groups (broad SMARTS) is 1. The minimum Gasteiger partial charge on any atom is -0.486 e. The molecule has 0 atom stereocenters. The molecule has 0 fully saturated rings. The quantitative estimate of drug-likeness (QED) is 0.885. The molecule has 1 aliphatic rings. The van der Waals surface area contributed by atoms with Gasteiger partial charge < -0.3 is 19.1 Å². The molecule has 1 N–H and O–H groups in total. The van der Waals surface area contributed by atoms with Crippen molar-refractivity contribution in [3.63, 3.8) is 0 Å². The molecular formula is C17H17NO4. The van der Waals surface area contributed by atoms with Crippen LogP contribution >= 0.6 is 0 Å². The van der Waals surface area contributed by atoms with Gasteiger partial charge in [0.15, 0.2) is 11.5 Å². The number of hydrogen-bond donors (Lipinski definition) is 1. The summed E-state index contributed by atoms with van der Waals surface area (Å²) >= 11 is 0. The summed E-state index contributed by atoms with van der Waals surface area (Å²) in [5, 5.41) is 8.77. The molecule has 0 spiro atoms. The number of carboxylic acids is 1. The smallest absolute Gasteiger partial charge is 0.328 e. The highest BCUT2D eigenvalue weighted by Crippen LogP contribution is 2.33. The third kappa shape index (κ3) is 2.57. The Morgan fingerprint density at radius 3 is 2.64 bits per heavy atom. The number of rotatable bonds is 3. The van der Waals surface area contributed by atoms with Crippen molar-refractivity contribution in [2.45, 2.75) is 13.8 Å². The van der Waals surface area contributed by atoms with E-state index in [0.29, 0.717) is 13.2 Å². The molecule has 5 heteroatoms. The number of aromatic nitrogens is 1. The summed E-state index contributed by atoms with van der Waals surface area (Å²) in [7, 11) is 0. The van der Waals surface area contributed by atoms with Gasteiger partial charge in [0, 0.05) is 29.2 Å². The number of fused-ring (bicyclic) bond motifs is 1. The number of ether oxygens (including phenoxy) is 2. The van der Waals surface area contributed by atoms with Crippen molar-refractivity contribution in [3.05, 3.63) is 47.3 Å². The number of aryl methyl sites for hydroxylation is 1. The topological polar surface area (TPSA) is 60.7 Å². The minimum absolute atomic E-state index is 0.548. The van der Waals surface area contributed by atoms with Gasteiger partial charge in [-0.25, -0.2) is 4.79 Å². The first-order valence-corrected chi connectivity index (χ1v) is 7.06. The zero-order valence-electron chi connectivity index (χ0n) is 12.5. The van der Waals surface area contributed by atoms with Crippen LogP contribution in [0, 0.1) is 13.8 Å². The van der Waals surface area contributed by atoms with Gasteiger partial charge in [-0.1, -0.05) is 0 Å². The lowest BCUT2D eigenvalue weighted by molar-refractivity contribution is -0.131. The van der Waals surface area contributed by atoms with Crippen LogP contribution < -0.4 is 9.47 Å².